The Labute approximate surface area is 109 Å². The lowest BCUT2D eigenvalue weighted by Crippen LogP contribution is -2.44. The van der Waals surface area contributed by atoms with Crippen LogP contribution in [0.3, 0.4) is 0 Å². The van der Waals surface area contributed by atoms with Crippen molar-refractivity contribution in [2.24, 2.45) is 0 Å². The molecule has 4 atom stereocenters. The molecule has 8 heteroatoms. The molecule has 4 N–H and O–H groups in total. The van der Waals surface area contributed by atoms with Gasteiger partial charge in [0.15, 0.2) is 6.23 Å². The van der Waals surface area contributed by atoms with Crippen LogP contribution in [0, 0.1) is 0 Å². The minimum Gasteiger partial charge on any atom is -0.387 e. The van der Waals surface area contributed by atoms with Crippen molar-refractivity contribution in [3.63, 3.8) is 0 Å². The van der Waals surface area contributed by atoms with E-state index in [2.05, 4.69) is 4.98 Å². The number of nitrogens with zero attached hydrogens (tertiary/aromatic N) is 2. The van der Waals surface area contributed by atoms with Crippen molar-refractivity contribution in [3.8, 4) is 0 Å². The summed E-state index contributed by atoms with van der Waals surface area (Å²) in [4.78, 5) is 15.3. The molecular weight excluding hydrogens is 254 g/mol. The number of aliphatic hydroxyl groups is 2. The van der Waals surface area contributed by atoms with E-state index in [9.17, 15) is 15.0 Å². The molecule has 0 spiro atoms. The molecule has 1 aliphatic rings. The molecule has 8 nitrogen and oxygen atoms in total. The van der Waals surface area contributed by atoms with Gasteiger partial charge in [0.05, 0.1) is 6.61 Å². The van der Waals surface area contributed by atoms with Crippen LogP contribution < -0.4 is 11.4 Å². The van der Waals surface area contributed by atoms with Gasteiger partial charge in [0.25, 0.3) is 0 Å². The third-order valence-electron chi connectivity index (χ3n) is 3.19. The van der Waals surface area contributed by atoms with Gasteiger partial charge in [-0.1, -0.05) is 0 Å². The molecule has 0 amide bonds. The van der Waals surface area contributed by atoms with E-state index in [1.807, 2.05) is 0 Å². The van der Waals surface area contributed by atoms with E-state index in [0.29, 0.717) is 0 Å². The first-order valence-electron chi connectivity index (χ1n) is 5.76. The van der Waals surface area contributed by atoms with Gasteiger partial charge >= 0.3 is 5.69 Å². The molecule has 1 unspecified atom stereocenters. The number of ether oxygens (including phenoxy) is 2. The number of nitrogens with two attached hydrogens (primary N) is 1. The first-order valence-corrected chi connectivity index (χ1v) is 5.76. The molecule has 0 aromatic carbocycles. The molecule has 0 aliphatic carbocycles. The molecule has 0 radical (unpaired) electrons. The van der Waals surface area contributed by atoms with Crippen molar-refractivity contribution in [2.75, 3.05) is 19.5 Å². The monoisotopic (exact) mass is 271 g/mol. The second-order valence-corrected chi connectivity index (χ2v) is 4.73. The lowest BCUT2D eigenvalue weighted by atomic mass is 9.98. The first-order chi connectivity index (χ1) is 8.89. The van der Waals surface area contributed by atoms with Crippen LogP contribution in [-0.4, -0.2) is 51.3 Å². The lowest BCUT2D eigenvalue weighted by Gasteiger charge is -2.26. The zero-order valence-electron chi connectivity index (χ0n) is 10.7. The Morgan fingerprint density at radius 2 is 2.32 bits per heavy atom. The fourth-order valence-corrected chi connectivity index (χ4v) is 2.18. The summed E-state index contributed by atoms with van der Waals surface area (Å²) in [5.41, 5.74) is 3.64. The molecule has 1 fully saturated rings. The van der Waals surface area contributed by atoms with Crippen LogP contribution in [-0.2, 0) is 9.47 Å². The van der Waals surface area contributed by atoms with Crippen LogP contribution in [0.5, 0.6) is 0 Å². The second kappa shape index (κ2) is 4.89. The Kier molecular flexibility index (Phi) is 3.59. The molecule has 1 aromatic heterocycles. The number of aromatic nitrogens is 2. The van der Waals surface area contributed by atoms with Gasteiger partial charge in [-0.3, -0.25) is 4.57 Å². The summed E-state index contributed by atoms with van der Waals surface area (Å²) in [7, 11) is 1.46. The maximum absolute atomic E-state index is 11.7. The molecule has 2 rings (SSSR count). The average molecular weight is 271 g/mol. The minimum absolute atomic E-state index is 0.0777. The molecule has 1 aliphatic heterocycles. The highest BCUT2D eigenvalue weighted by atomic mass is 16.6. The maximum Gasteiger partial charge on any atom is 0.351 e. The predicted molar refractivity (Wildman–Crippen MR) is 65.3 cm³/mol. The highest BCUT2D eigenvalue weighted by Crippen LogP contribution is 2.36. The molecule has 19 heavy (non-hydrogen) atoms. The van der Waals surface area contributed by atoms with Crippen molar-refractivity contribution in [1.82, 2.24) is 9.55 Å². The Hall–Kier alpha value is -1.48. The van der Waals surface area contributed by atoms with Crippen molar-refractivity contribution in [2.45, 2.75) is 31.0 Å². The van der Waals surface area contributed by atoms with Gasteiger partial charge in [-0.05, 0) is 13.0 Å². The molecule has 1 saturated heterocycles. The Balaban J connectivity index is 2.34. The van der Waals surface area contributed by atoms with Crippen LogP contribution >= 0.6 is 0 Å². The molecule has 0 bridgehead atoms. The number of methoxy groups -OCH3 is 1. The fourth-order valence-electron chi connectivity index (χ4n) is 2.18. The van der Waals surface area contributed by atoms with E-state index in [4.69, 9.17) is 15.2 Å². The summed E-state index contributed by atoms with van der Waals surface area (Å²) in [6.45, 7) is 1.68. The van der Waals surface area contributed by atoms with Crippen LogP contribution in [0.15, 0.2) is 17.1 Å². The Bertz CT molecular complexity index is 519. The summed E-state index contributed by atoms with van der Waals surface area (Å²) >= 11 is 0. The van der Waals surface area contributed by atoms with Crippen molar-refractivity contribution in [1.29, 1.82) is 0 Å². The van der Waals surface area contributed by atoms with Gasteiger partial charge in [0.1, 0.15) is 23.6 Å². The van der Waals surface area contributed by atoms with Crippen LogP contribution in [0.2, 0.25) is 0 Å². The molecular formula is C11H17N3O5. The minimum atomic E-state index is -1.26. The van der Waals surface area contributed by atoms with E-state index in [0.717, 1.165) is 4.57 Å². The number of hydrogen-bond donors (Lipinski definition) is 3. The van der Waals surface area contributed by atoms with E-state index in [1.54, 1.807) is 6.92 Å². The smallest absolute Gasteiger partial charge is 0.351 e. The lowest BCUT2D eigenvalue weighted by molar-refractivity contribution is -0.124. The first kappa shape index (κ1) is 13.9. The quantitative estimate of drug-likeness (QED) is 0.610. The van der Waals surface area contributed by atoms with Crippen LogP contribution in [0.25, 0.3) is 0 Å². The van der Waals surface area contributed by atoms with E-state index in [-0.39, 0.29) is 12.4 Å². The maximum atomic E-state index is 11.7. The van der Waals surface area contributed by atoms with Gasteiger partial charge in [0.2, 0.25) is 0 Å². The van der Waals surface area contributed by atoms with Gasteiger partial charge in [0, 0.05) is 13.3 Å². The third kappa shape index (κ3) is 2.35. The number of anilines is 1. The van der Waals surface area contributed by atoms with Crippen LogP contribution in [0.4, 0.5) is 5.82 Å². The van der Waals surface area contributed by atoms with Gasteiger partial charge in [-0.25, -0.2) is 4.79 Å². The van der Waals surface area contributed by atoms with Gasteiger partial charge < -0.3 is 25.4 Å². The average Bonchev–Trinajstić information content (AvgIpc) is 2.55. The third-order valence-corrected chi connectivity index (χ3v) is 3.19. The molecule has 2 heterocycles. The topological polar surface area (TPSA) is 120 Å². The second-order valence-electron chi connectivity index (χ2n) is 4.73. The van der Waals surface area contributed by atoms with E-state index < -0.39 is 29.7 Å². The number of hydrogen-bond acceptors (Lipinski definition) is 7. The summed E-state index contributed by atoms with van der Waals surface area (Å²) in [6.07, 6.45) is -2.11. The SMILES string of the molecule is COC[C@@]1(C)OC(n2ccc(N)nc2=O)[C@H](O)[C@@H]1O. The summed E-state index contributed by atoms with van der Waals surface area (Å²) < 4.78 is 11.6. The van der Waals surface area contributed by atoms with Crippen molar-refractivity contribution in [3.05, 3.63) is 22.7 Å². The summed E-state index contributed by atoms with van der Waals surface area (Å²) in [6, 6.07) is 1.41. The predicted octanol–water partition coefficient (Wildman–Crippen LogP) is -1.52. The molecule has 1 aromatic rings. The Morgan fingerprint density at radius 1 is 1.63 bits per heavy atom. The standard InChI is InChI=1S/C11H17N3O5/c1-11(5-18-2)8(16)7(15)9(19-11)14-4-3-6(12)13-10(14)17/h3-4,7-9,15-16H,5H2,1-2H3,(H2,12,13,17)/t7-,8+,9?,11-/m1/s1. The largest absolute Gasteiger partial charge is 0.387 e. The van der Waals surface area contributed by atoms with Crippen LogP contribution in [0.1, 0.15) is 13.2 Å². The highest BCUT2D eigenvalue weighted by molar-refractivity contribution is 5.23. The van der Waals surface area contributed by atoms with Crippen molar-refractivity contribution >= 4 is 5.82 Å². The van der Waals surface area contributed by atoms with Gasteiger partial charge in [-0.15, -0.1) is 0 Å². The molecule has 0 saturated carbocycles. The van der Waals surface area contributed by atoms with Gasteiger partial charge in [-0.2, -0.15) is 4.98 Å². The number of nitrogen functional groups attached to an aromatic ring is 1. The zero-order chi connectivity index (χ0) is 14.2. The van der Waals surface area contributed by atoms with E-state index >= 15 is 0 Å². The molecule has 106 valence electrons. The van der Waals surface area contributed by atoms with Crippen molar-refractivity contribution < 1.29 is 19.7 Å². The summed E-state index contributed by atoms with van der Waals surface area (Å²) in [5.74, 6) is 0.0777. The fraction of sp³-hybridized carbons (Fsp3) is 0.636. The summed E-state index contributed by atoms with van der Waals surface area (Å²) in [5, 5.41) is 20.0. The number of aliphatic hydroxyl groups excluding tert-OH is 2. The Morgan fingerprint density at radius 3 is 2.89 bits per heavy atom. The van der Waals surface area contributed by atoms with E-state index in [1.165, 1.54) is 19.4 Å². The normalized spacial score (nSPS) is 34.6. The highest BCUT2D eigenvalue weighted by Gasteiger charge is 2.52. The number of rotatable bonds is 3. The zero-order valence-corrected chi connectivity index (χ0v) is 10.7.